The van der Waals surface area contributed by atoms with Crippen molar-refractivity contribution in [1.29, 1.82) is 0 Å². The molecule has 0 unspecified atom stereocenters. The number of nitrogens with zero attached hydrogens (tertiary/aromatic N) is 2. The highest BCUT2D eigenvalue weighted by atomic mass is 35.5. The Morgan fingerprint density at radius 1 is 1.04 bits per heavy atom. The molecule has 2 aromatic rings. The Morgan fingerprint density at radius 3 is 2.50 bits per heavy atom. The quantitative estimate of drug-likeness (QED) is 0.735. The lowest BCUT2D eigenvalue weighted by Gasteiger charge is -2.35. The van der Waals surface area contributed by atoms with Crippen molar-refractivity contribution in [3.05, 3.63) is 58.9 Å². The van der Waals surface area contributed by atoms with Crippen molar-refractivity contribution in [1.82, 2.24) is 4.90 Å². The summed E-state index contributed by atoms with van der Waals surface area (Å²) in [5.74, 6) is 0.846. The van der Waals surface area contributed by atoms with Crippen molar-refractivity contribution in [3.8, 4) is 11.5 Å². The van der Waals surface area contributed by atoms with Crippen LogP contribution < -0.4 is 14.4 Å². The van der Waals surface area contributed by atoms with Crippen molar-refractivity contribution in [3.63, 3.8) is 0 Å². The lowest BCUT2D eigenvalue weighted by atomic mass is 10.1. The zero-order chi connectivity index (χ0) is 19.5. The van der Waals surface area contributed by atoms with Crippen LogP contribution in [0, 0.1) is 5.82 Å². The van der Waals surface area contributed by atoms with Crippen LogP contribution in [0.1, 0.15) is 5.56 Å². The minimum absolute atomic E-state index is 0.0511. The lowest BCUT2D eigenvalue weighted by molar-refractivity contribution is -0.126. The number of anilines is 1. The average Bonchev–Trinajstić information content (AvgIpc) is 2.73. The first kappa shape index (κ1) is 18.6. The third-order valence-corrected chi connectivity index (χ3v) is 5.10. The number of ether oxygens (including phenoxy) is 2. The minimum Gasteiger partial charge on any atom is -0.486 e. The fourth-order valence-corrected chi connectivity index (χ4v) is 3.61. The van der Waals surface area contributed by atoms with Crippen LogP contribution in [0.5, 0.6) is 11.5 Å². The molecule has 28 heavy (non-hydrogen) atoms. The number of amides is 1. The van der Waals surface area contributed by atoms with Gasteiger partial charge in [-0.25, -0.2) is 4.39 Å². The van der Waals surface area contributed by atoms with Gasteiger partial charge in [0, 0.05) is 37.9 Å². The zero-order valence-corrected chi connectivity index (χ0v) is 16.0. The van der Waals surface area contributed by atoms with Gasteiger partial charge in [-0.1, -0.05) is 11.6 Å². The molecule has 0 aliphatic carbocycles. The third kappa shape index (κ3) is 4.07. The van der Waals surface area contributed by atoms with Gasteiger partial charge in [-0.3, -0.25) is 4.79 Å². The van der Waals surface area contributed by atoms with Gasteiger partial charge < -0.3 is 19.3 Å². The second-order valence-corrected chi connectivity index (χ2v) is 7.06. The molecule has 2 aliphatic heterocycles. The first-order chi connectivity index (χ1) is 13.6. The molecule has 0 radical (unpaired) electrons. The summed E-state index contributed by atoms with van der Waals surface area (Å²) in [6.45, 7) is 3.60. The highest BCUT2D eigenvalue weighted by molar-refractivity contribution is 6.32. The van der Waals surface area contributed by atoms with E-state index >= 15 is 0 Å². The van der Waals surface area contributed by atoms with Crippen LogP contribution >= 0.6 is 11.6 Å². The first-order valence-corrected chi connectivity index (χ1v) is 9.54. The van der Waals surface area contributed by atoms with Gasteiger partial charge in [0.15, 0.2) is 11.5 Å². The van der Waals surface area contributed by atoms with E-state index in [9.17, 15) is 9.18 Å². The molecule has 4 rings (SSSR count). The molecule has 0 N–H and O–H groups in total. The van der Waals surface area contributed by atoms with Gasteiger partial charge >= 0.3 is 0 Å². The van der Waals surface area contributed by atoms with Crippen LogP contribution in [-0.4, -0.2) is 50.2 Å². The van der Waals surface area contributed by atoms with Gasteiger partial charge in [0.2, 0.25) is 5.91 Å². The van der Waals surface area contributed by atoms with E-state index in [1.165, 1.54) is 12.1 Å². The van der Waals surface area contributed by atoms with E-state index in [4.69, 9.17) is 21.1 Å². The van der Waals surface area contributed by atoms with Gasteiger partial charge in [0.25, 0.3) is 0 Å². The molecule has 0 saturated carbocycles. The number of carbonyl (C=O) groups excluding carboxylic acids is 1. The first-order valence-electron chi connectivity index (χ1n) is 9.17. The lowest BCUT2D eigenvalue weighted by Crippen LogP contribution is -2.48. The zero-order valence-electron chi connectivity index (χ0n) is 15.2. The Balaban J connectivity index is 1.37. The summed E-state index contributed by atoms with van der Waals surface area (Å²) in [6, 6.07) is 10.0. The minimum atomic E-state index is -0.248. The molecule has 5 nitrogen and oxygen atoms in total. The Labute approximate surface area is 167 Å². The molecule has 2 aromatic carbocycles. The van der Waals surface area contributed by atoms with Crippen molar-refractivity contribution >= 4 is 29.3 Å². The van der Waals surface area contributed by atoms with Gasteiger partial charge in [0.1, 0.15) is 19.0 Å². The summed E-state index contributed by atoms with van der Waals surface area (Å²) in [7, 11) is 0. The molecule has 146 valence electrons. The summed E-state index contributed by atoms with van der Waals surface area (Å²) in [5, 5.41) is 0.470. The Hall–Kier alpha value is -2.73. The number of fused-ring (bicyclic) bond motifs is 1. The fraction of sp³-hybridized carbons (Fsp3) is 0.286. The fourth-order valence-electron chi connectivity index (χ4n) is 3.34. The van der Waals surface area contributed by atoms with E-state index in [1.807, 2.05) is 6.07 Å². The molecular formula is C21H20ClFN2O3. The van der Waals surface area contributed by atoms with E-state index in [-0.39, 0.29) is 11.7 Å². The molecule has 2 aliphatic rings. The summed E-state index contributed by atoms with van der Waals surface area (Å²) < 4.78 is 24.1. The van der Waals surface area contributed by atoms with Crippen LogP contribution in [0.3, 0.4) is 0 Å². The highest BCUT2D eigenvalue weighted by Gasteiger charge is 2.20. The van der Waals surface area contributed by atoms with E-state index in [0.717, 1.165) is 11.3 Å². The van der Waals surface area contributed by atoms with Gasteiger partial charge in [-0.2, -0.15) is 0 Å². The average molecular weight is 403 g/mol. The van der Waals surface area contributed by atoms with E-state index in [0.29, 0.717) is 55.9 Å². The van der Waals surface area contributed by atoms with Crippen LogP contribution in [0.2, 0.25) is 5.02 Å². The number of benzene rings is 2. The number of halogens is 2. The number of piperazine rings is 1. The molecule has 0 spiro atoms. The van der Waals surface area contributed by atoms with Crippen molar-refractivity contribution in [2.24, 2.45) is 0 Å². The smallest absolute Gasteiger partial charge is 0.246 e. The largest absolute Gasteiger partial charge is 0.486 e. The van der Waals surface area contributed by atoms with Gasteiger partial charge in [-0.15, -0.1) is 0 Å². The Kier molecular flexibility index (Phi) is 5.39. The number of rotatable bonds is 3. The third-order valence-electron chi connectivity index (χ3n) is 4.82. The Bertz CT molecular complexity index is 893. The number of hydrogen-bond acceptors (Lipinski definition) is 4. The standard InChI is InChI=1S/C21H20ClFN2O3/c22-18-13-15(14-19-21(18)28-12-11-27-19)1-6-20(26)25-9-7-24(8-10-25)17-4-2-16(23)3-5-17/h1-6,13-14H,7-12H2/b6-1+. The molecular weight excluding hydrogens is 383 g/mol. The van der Waals surface area contributed by atoms with Crippen molar-refractivity contribution in [2.45, 2.75) is 0 Å². The van der Waals surface area contributed by atoms with Gasteiger partial charge in [-0.05, 0) is 48.0 Å². The topological polar surface area (TPSA) is 42.0 Å². The molecule has 0 aromatic heterocycles. The van der Waals surface area contributed by atoms with Crippen molar-refractivity contribution in [2.75, 3.05) is 44.3 Å². The van der Waals surface area contributed by atoms with E-state index in [2.05, 4.69) is 4.90 Å². The van der Waals surface area contributed by atoms with E-state index in [1.54, 1.807) is 35.3 Å². The van der Waals surface area contributed by atoms with Gasteiger partial charge in [0.05, 0.1) is 5.02 Å². The molecule has 0 atom stereocenters. The van der Waals surface area contributed by atoms with E-state index < -0.39 is 0 Å². The molecule has 2 heterocycles. The molecule has 1 saturated heterocycles. The molecule has 1 amide bonds. The molecule has 7 heteroatoms. The van der Waals surface area contributed by atoms with Crippen LogP contribution in [-0.2, 0) is 4.79 Å². The second kappa shape index (κ2) is 8.10. The summed E-state index contributed by atoms with van der Waals surface area (Å²) in [5.41, 5.74) is 1.75. The maximum Gasteiger partial charge on any atom is 0.246 e. The highest BCUT2D eigenvalue weighted by Crippen LogP contribution is 2.38. The SMILES string of the molecule is O=C(/C=C/c1cc(Cl)c2c(c1)OCCO2)N1CCN(c2ccc(F)cc2)CC1. The summed E-state index contributed by atoms with van der Waals surface area (Å²) >= 11 is 6.23. The maximum absolute atomic E-state index is 13.1. The molecule has 0 bridgehead atoms. The summed E-state index contributed by atoms with van der Waals surface area (Å²) in [4.78, 5) is 16.5. The van der Waals surface area contributed by atoms with Crippen molar-refractivity contribution < 1.29 is 18.7 Å². The monoisotopic (exact) mass is 402 g/mol. The normalized spacial score (nSPS) is 16.5. The Morgan fingerprint density at radius 2 is 1.75 bits per heavy atom. The number of carbonyl (C=O) groups is 1. The van der Waals surface area contributed by atoms with Crippen LogP contribution in [0.15, 0.2) is 42.5 Å². The predicted molar refractivity (Wildman–Crippen MR) is 107 cm³/mol. The second-order valence-electron chi connectivity index (χ2n) is 6.65. The van der Waals surface area contributed by atoms with Crippen LogP contribution in [0.25, 0.3) is 6.08 Å². The summed E-state index contributed by atoms with van der Waals surface area (Å²) in [6.07, 6.45) is 3.29. The molecule has 1 fully saturated rings. The maximum atomic E-state index is 13.1. The van der Waals surface area contributed by atoms with Crippen LogP contribution in [0.4, 0.5) is 10.1 Å². The predicted octanol–water partition coefficient (Wildman–Crippen LogP) is 3.61. The number of hydrogen-bond donors (Lipinski definition) is 0.